The fourth-order valence-corrected chi connectivity index (χ4v) is 2.79. The van der Waals surface area contributed by atoms with E-state index in [1.165, 1.54) is 6.07 Å². The number of carboxylic acid groups (broad SMARTS) is 1. The Morgan fingerprint density at radius 2 is 2.08 bits per heavy atom. The predicted octanol–water partition coefficient (Wildman–Crippen LogP) is 3.93. The van der Waals surface area contributed by atoms with Gasteiger partial charge in [-0.1, -0.05) is 24.6 Å². The van der Waals surface area contributed by atoms with Crippen molar-refractivity contribution in [2.45, 2.75) is 26.8 Å². The average molecular weight is 360 g/mol. The van der Waals surface area contributed by atoms with E-state index in [-0.39, 0.29) is 5.69 Å². The molecule has 0 fully saturated rings. The number of aromatic carboxylic acids is 1. The van der Waals surface area contributed by atoms with Crippen molar-refractivity contribution >= 4 is 28.7 Å². The summed E-state index contributed by atoms with van der Waals surface area (Å²) in [6, 6.07) is 8.69. The van der Waals surface area contributed by atoms with E-state index in [2.05, 4.69) is 9.97 Å². The molecule has 0 atom stereocenters. The normalized spacial score (nSPS) is 11.0. The van der Waals surface area contributed by atoms with Crippen LogP contribution in [0.3, 0.4) is 0 Å². The summed E-state index contributed by atoms with van der Waals surface area (Å²) < 4.78 is 7.44. The van der Waals surface area contributed by atoms with Crippen LogP contribution < -0.4 is 4.74 Å². The van der Waals surface area contributed by atoms with Gasteiger partial charge in [-0.05, 0) is 43.2 Å². The van der Waals surface area contributed by atoms with E-state index < -0.39 is 5.97 Å². The number of rotatable bonds is 6. The van der Waals surface area contributed by atoms with Crippen LogP contribution in [0, 0.1) is 6.92 Å². The Balaban J connectivity index is 1.96. The van der Waals surface area contributed by atoms with E-state index in [4.69, 9.17) is 21.4 Å². The minimum atomic E-state index is -1.07. The second-order valence-electron chi connectivity index (χ2n) is 5.69. The molecule has 0 radical (unpaired) electrons. The summed E-state index contributed by atoms with van der Waals surface area (Å²) in [5, 5.41) is 9.74. The smallest absolute Gasteiger partial charge is 0.354 e. The fourth-order valence-electron chi connectivity index (χ4n) is 2.56. The molecule has 0 saturated carbocycles. The monoisotopic (exact) mass is 359 g/mol. The highest BCUT2D eigenvalue weighted by atomic mass is 35.5. The second-order valence-corrected chi connectivity index (χ2v) is 6.10. The van der Waals surface area contributed by atoms with Gasteiger partial charge in [0.25, 0.3) is 0 Å². The Kier molecular flexibility index (Phi) is 4.90. The molecule has 3 aromatic rings. The number of aryl methyl sites for hydroxylation is 1. The number of nitrogens with zero attached hydrogens (tertiary/aromatic N) is 3. The topological polar surface area (TPSA) is 77.2 Å². The summed E-state index contributed by atoms with van der Waals surface area (Å²) in [6.45, 7) is 4.99. The summed E-state index contributed by atoms with van der Waals surface area (Å²) in [5.41, 5.74) is 2.06. The van der Waals surface area contributed by atoms with Crippen molar-refractivity contribution < 1.29 is 14.6 Å². The van der Waals surface area contributed by atoms with E-state index in [1.54, 1.807) is 12.1 Å². The van der Waals surface area contributed by atoms with Crippen LogP contribution in [0.25, 0.3) is 11.2 Å². The number of pyridine rings is 1. The summed E-state index contributed by atoms with van der Waals surface area (Å²) >= 11 is 6.38. The molecule has 7 heteroatoms. The maximum Gasteiger partial charge on any atom is 0.354 e. The lowest BCUT2D eigenvalue weighted by molar-refractivity contribution is 0.0691. The van der Waals surface area contributed by atoms with Crippen molar-refractivity contribution in [3.05, 3.63) is 52.4 Å². The highest BCUT2D eigenvalue weighted by Gasteiger charge is 2.14. The van der Waals surface area contributed by atoms with Crippen molar-refractivity contribution in [1.29, 1.82) is 0 Å². The first-order chi connectivity index (χ1) is 12.0. The van der Waals surface area contributed by atoms with Gasteiger partial charge >= 0.3 is 5.97 Å². The molecule has 2 aromatic heterocycles. The first kappa shape index (κ1) is 17.2. The minimum absolute atomic E-state index is 0.0111. The third-order valence-corrected chi connectivity index (χ3v) is 4.18. The number of ether oxygens (including phenoxy) is 1. The third-order valence-electron chi connectivity index (χ3n) is 3.83. The van der Waals surface area contributed by atoms with Gasteiger partial charge in [-0.15, -0.1) is 0 Å². The molecule has 0 spiro atoms. The fraction of sp³-hybridized carbons (Fsp3) is 0.278. The average Bonchev–Trinajstić information content (AvgIpc) is 2.89. The van der Waals surface area contributed by atoms with Crippen molar-refractivity contribution in [3.8, 4) is 5.75 Å². The first-order valence-corrected chi connectivity index (χ1v) is 8.35. The zero-order valence-electron chi connectivity index (χ0n) is 14.0. The molecule has 1 aromatic carbocycles. The molecular formula is C18H18ClN3O3. The van der Waals surface area contributed by atoms with Gasteiger partial charge in [-0.3, -0.25) is 0 Å². The first-order valence-electron chi connectivity index (χ1n) is 7.98. The van der Waals surface area contributed by atoms with Gasteiger partial charge in [0.05, 0.1) is 13.2 Å². The van der Waals surface area contributed by atoms with E-state index in [9.17, 15) is 4.79 Å². The van der Waals surface area contributed by atoms with Crippen LogP contribution in [0.4, 0.5) is 0 Å². The number of carbonyl (C=O) groups is 1. The molecule has 0 amide bonds. The zero-order valence-corrected chi connectivity index (χ0v) is 14.7. The van der Waals surface area contributed by atoms with Gasteiger partial charge in [0, 0.05) is 5.02 Å². The molecule has 2 heterocycles. The second kappa shape index (κ2) is 7.11. The number of imidazole rings is 1. The summed E-state index contributed by atoms with van der Waals surface area (Å²) in [4.78, 5) is 19.8. The van der Waals surface area contributed by atoms with Crippen molar-refractivity contribution in [1.82, 2.24) is 14.5 Å². The van der Waals surface area contributed by atoms with Crippen molar-refractivity contribution in [3.63, 3.8) is 0 Å². The number of carboxylic acids is 1. The SMILES string of the molecule is CCCOc1ccc(Cn2c(C)nc3ccc(C(=O)O)nc32)c(Cl)c1. The molecule has 0 aliphatic carbocycles. The van der Waals surface area contributed by atoms with E-state index in [1.807, 2.05) is 30.5 Å². The number of hydrogen-bond donors (Lipinski definition) is 1. The van der Waals surface area contributed by atoms with Crippen LogP contribution in [0.2, 0.25) is 5.02 Å². The van der Waals surface area contributed by atoms with Gasteiger partial charge in [0.1, 0.15) is 17.1 Å². The minimum Gasteiger partial charge on any atom is -0.494 e. The van der Waals surface area contributed by atoms with Gasteiger partial charge in [-0.2, -0.15) is 0 Å². The number of fused-ring (bicyclic) bond motifs is 1. The molecule has 1 N–H and O–H groups in total. The third kappa shape index (κ3) is 3.58. The number of halogens is 1. The van der Waals surface area contributed by atoms with Crippen LogP contribution >= 0.6 is 11.6 Å². The van der Waals surface area contributed by atoms with E-state index in [0.29, 0.717) is 29.3 Å². The lowest BCUT2D eigenvalue weighted by Gasteiger charge is -2.11. The summed E-state index contributed by atoms with van der Waals surface area (Å²) in [7, 11) is 0. The lowest BCUT2D eigenvalue weighted by Crippen LogP contribution is -2.06. The molecule has 130 valence electrons. The Morgan fingerprint density at radius 1 is 1.28 bits per heavy atom. The molecule has 0 saturated heterocycles. The van der Waals surface area contributed by atoms with Crippen LogP contribution in [0.5, 0.6) is 5.75 Å². The quantitative estimate of drug-likeness (QED) is 0.721. The Bertz CT molecular complexity index is 937. The summed E-state index contributed by atoms with van der Waals surface area (Å²) in [6.07, 6.45) is 0.928. The molecule has 0 aliphatic heterocycles. The number of hydrogen-bond acceptors (Lipinski definition) is 4. The van der Waals surface area contributed by atoms with Crippen molar-refractivity contribution in [2.24, 2.45) is 0 Å². The maximum absolute atomic E-state index is 11.2. The molecule has 0 aliphatic rings. The molecule has 0 unspecified atom stereocenters. The van der Waals surface area contributed by atoms with Crippen LogP contribution in [0.15, 0.2) is 30.3 Å². The summed E-state index contributed by atoms with van der Waals surface area (Å²) in [5.74, 6) is 0.407. The largest absolute Gasteiger partial charge is 0.494 e. The molecule has 6 nitrogen and oxygen atoms in total. The Morgan fingerprint density at radius 3 is 2.76 bits per heavy atom. The molecule has 0 bridgehead atoms. The highest BCUT2D eigenvalue weighted by molar-refractivity contribution is 6.31. The van der Waals surface area contributed by atoms with Gasteiger partial charge in [-0.25, -0.2) is 14.8 Å². The van der Waals surface area contributed by atoms with Gasteiger partial charge < -0.3 is 14.4 Å². The molecule has 25 heavy (non-hydrogen) atoms. The van der Waals surface area contributed by atoms with Crippen LogP contribution in [-0.2, 0) is 6.54 Å². The van der Waals surface area contributed by atoms with E-state index >= 15 is 0 Å². The van der Waals surface area contributed by atoms with Crippen LogP contribution in [-0.4, -0.2) is 32.2 Å². The van der Waals surface area contributed by atoms with E-state index in [0.717, 1.165) is 23.6 Å². The standard InChI is InChI=1S/C18H18ClN3O3/c1-3-8-25-13-5-4-12(14(19)9-13)10-22-11(2)20-15-6-7-16(18(23)24)21-17(15)22/h4-7,9H,3,8,10H2,1-2H3,(H,23,24). The zero-order chi connectivity index (χ0) is 18.0. The Labute approximate surface area is 150 Å². The number of benzene rings is 1. The van der Waals surface area contributed by atoms with Gasteiger partial charge in [0.15, 0.2) is 11.3 Å². The maximum atomic E-state index is 11.2. The highest BCUT2D eigenvalue weighted by Crippen LogP contribution is 2.25. The number of aromatic nitrogens is 3. The Hall–Kier alpha value is -2.60. The lowest BCUT2D eigenvalue weighted by atomic mass is 10.2. The van der Waals surface area contributed by atoms with Crippen LogP contribution in [0.1, 0.15) is 35.2 Å². The molecule has 3 rings (SSSR count). The van der Waals surface area contributed by atoms with Crippen molar-refractivity contribution in [2.75, 3.05) is 6.61 Å². The molecular weight excluding hydrogens is 342 g/mol. The van der Waals surface area contributed by atoms with Gasteiger partial charge in [0.2, 0.25) is 0 Å². The predicted molar refractivity (Wildman–Crippen MR) is 95.6 cm³/mol.